The number of carboxylic acid groups (broad SMARTS) is 1. The number of allylic oxidation sites excluding steroid dienone is 4. The van der Waals surface area contributed by atoms with Crippen LogP contribution < -0.4 is 0 Å². The molecular formula is C20H19BO2S. The van der Waals surface area contributed by atoms with E-state index < -0.39 is 5.97 Å². The summed E-state index contributed by atoms with van der Waals surface area (Å²) in [5.41, 5.74) is 4.05. The maximum atomic E-state index is 11.0. The summed E-state index contributed by atoms with van der Waals surface area (Å²) >= 11 is 1.44. The van der Waals surface area contributed by atoms with E-state index in [0.29, 0.717) is 0 Å². The quantitative estimate of drug-likeness (QED) is 0.839. The Balaban J connectivity index is 1.78. The molecule has 2 aliphatic rings. The number of hydrogen-bond acceptors (Lipinski definition) is 2. The van der Waals surface area contributed by atoms with Gasteiger partial charge >= 0.3 is 5.97 Å². The lowest BCUT2D eigenvalue weighted by Crippen LogP contribution is -2.05. The van der Waals surface area contributed by atoms with Crippen LogP contribution in [0.4, 0.5) is 0 Å². The average Bonchev–Trinajstić information content (AvgIpc) is 3.35. The van der Waals surface area contributed by atoms with Crippen LogP contribution in [0.25, 0.3) is 10.8 Å². The van der Waals surface area contributed by atoms with E-state index in [1.807, 2.05) is 0 Å². The minimum Gasteiger partial charge on any atom is -0.481 e. The summed E-state index contributed by atoms with van der Waals surface area (Å²) in [6, 6.07) is 13.2. The molecule has 2 nitrogen and oxygen atoms in total. The Morgan fingerprint density at radius 2 is 1.75 bits per heavy atom. The van der Waals surface area contributed by atoms with Gasteiger partial charge in [-0.05, 0) is 45.6 Å². The number of aliphatic carboxylic acids is 1. The molecule has 120 valence electrons. The van der Waals surface area contributed by atoms with E-state index in [4.69, 9.17) is 5.11 Å². The number of rotatable bonds is 5. The van der Waals surface area contributed by atoms with E-state index >= 15 is 0 Å². The van der Waals surface area contributed by atoms with Crippen LogP contribution in [0.3, 0.4) is 0 Å². The number of carbonyl (C=O) groups is 1. The topological polar surface area (TPSA) is 37.3 Å². The molecule has 0 heterocycles. The normalized spacial score (nSPS) is 20.1. The molecule has 1 unspecified atom stereocenters. The van der Waals surface area contributed by atoms with Gasteiger partial charge in [-0.1, -0.05) is 54.0 Å². The molecule has 0 amide bonds. The van der Waals surface area contributed by atoms with Crippen LogP contribution in [0, 0.1) is 0 Å². The van der Waals surface area contributed by atoms with Crippen LogP contribution in [0.5, 0.6) is 0 Å². The van der Waals surface area contributed by atoms with Gasteiger partial charge in [0.2, 0.25) is 0 Å². The summed E-state index contributed by atoms with van der Waals surface area (Å²) in [6.45, 7) is 0. The summed E-state index contributed by atoms with van der Waals surface area (Å²) in [5.74, 6) is 0.257. The Kier molecular flexibility index (Phi) is 4.01. The molecule has 2 aliphatic carbocycles. The van der Waals surface area contributed by atoms with Gasteiger partial charge in [0.05, 0.1) is 5.75 Å². The third-order valence-electron chi connectivity index (χ3n) is 4.93. The van der Waals surface area contributed by atoms with Gasteiger partial charge in [0, 0.05) is 5.92 Å². The molecule has 0 aromatic heterocycles. The maximum Gasteiger partial charge on any atom is 0.313 e. The van der Waals surface area contributed by atoms with Crippen molar-refractivity contribution in [2.45, 2.75) is 24.7 Å². The van der Waals surface area contributed by atoms with E-state index in [2.05, 4.69) is 56.4 Å². The Morgan fingerprint density at radius 1 is 1.08 bits per heavy atom. The summed E-state index contributed by atoms with van der Waals surface area (Å²) in [6.07, 6.45) is 6.80. The monoisotopic (exact) mass is 334 g/mol. The third-order valence-corrected chi connectivity index (χ3v) is 6.03. The molecule has 1 saturated carbocycles. The third kappa shape index (κ3) is 2.80. The number of hydrogen-bond donors (Lipinski definition) is 1. The number of thioether (sulfide) groups is 1. The number of carboxylic acids is 1. The first kappa shape index (κ1) is 15.6. The largest absolute Gasteiger partial charge is 0.481 e. The number of fused-ring (bicyclic) bond motifs is 1. The van der Waals surface area contributed by atoms with E-state index in [0.717, 1.165) is 10.8 Å². The van der Waals surface area contributed by atoms with Crippen LogP contribution in [-0.4, -0.2) is 24.7 Å². The van der Waals surface area contributed by atoms with Crippen molar-refractivity contribution in [3.63, 3.8) is 0 Å². The van der Waals surface area contributed by atoms with Gasteiger partial charge in [0.15, 0.2) is 0 Å². The molecule has 4 heteroatoms. The molecule has 1 fully saturated rings. The summed E-state index contributed by atoms with van der Waals surface area (Å²) in [5, 5.41) is 11.7. The summed E-state index contributed by atoms with van der Waals surface area (Å²) in [7, 11) is 2.14. The van der Waals surface area contributed by atoms with Crippen LogP contribution in [0.1, 0.15) is 35.8 Å². The Hall–Kier alpha value is -1.94. The van der Waals surface area contributed by atoms with Crippen molar-refractivity contribution in [2.24, 2.45) is 0 Å². The van der Waals surface area contributed by atoms with Crippen LogP contribution in [0.2, 0.25) is 0 Å². The molecule has 2 aromatic carbocycles. The van der Waals surface area contributed by atoms with E-state index in [1.165, 1.54) is 52.0 Å². The Morgan fingerprint density at radius 3 is 2.42 bits per heavy atom. The molecule has 0 radical (unpaired) electrons. The Labute approximate surface area is 147 Å². The first-order valence-electron chi connectivity index (χ1n) is 8.39. The first-order chi connectivity index (χ1) is 11.6. The predicted octanol–water partition coefficient (Wildman–Crippen LogP) is 4.03. The SMILES string of the molecule is BC1=CC=C(SCC(=O)O)C1c1ccc(C2CC2)c2ccccc12. The van der Waals surface area contributed by atoms with E-state index in [1.54, 1.807) is 0 Å². The molecule has 0 bridgehead atoms. The molecule has 0 saturated heterocycles. The van der Waals surface area contributed by atoms with Crippen LogP contribution in [0.15, 0.2) is 58.9 Å². The highest BCUT2D eigenvalue weighted by molar-refractivity contribution is 8.03. The Bertz CT molecular complexity index is 880. The van der Waals surface area contributed by atoms with Crippen molar-refractivity contribution >= 4 is 36.3 Å². The van der Waals surface area contributed by atoms with Gasteiger partial charge in [0.1, 0.15) is 7.85 Å². The minimum atomic E-state index is -0.766. The van der Waals surface area contributed by atoms with Crippen LogP contribution >= 0.6 is 11.8 Å². The van der Waals surface area contributed by atoms with Crippen molar-refractivity contribution in [1.29, 1.82) is 0 Å². The molecule has 0 spiro atoms. The molecule has 24 heavy (non-hydrogen) atoms. The maximum absolute atomic E-state index is 11.0. The van der Waals surface area contributed by atoms with E-state index in [9.17, 15) is 4.79 Å². The molecule has 2 aromatic rings. The van der Waals surface area contributed by atoms with Gasteiger partial charge in [-0.2, -0.15) is 0 Å². The smallest absolute Gasteiger partial charge is 0.313 e. The zero-order valence-electron chi connectivity index (χ0n) is 13.7. The molecule has 4 rings (SSSR count). The van der Waals surface area contributed by atoms with Gasteiger partial charge in [0.25, 0.3) is 0 Å². The van der Waals surface area contributed by atoms with Crippen molar-refractivity contribution < 1.29 is 9.90 Å². The zero-order valence-corrected chi connectivity index (χ0v) is 14.5. The fourth-order valence-electron chi connectivity index (χ4n) is 3.65. The lowest BCUT2D eigenvalue weighted by atomic mass is 9.79. The average molecular weight is 334 g/mol. The fourth-order valence-corrected chi connectivity index (χ4v) is 4.59. The first-order valence-corrected chi connectivity index (χ1v) is 9.38. The van der Waals surface area contributed by atoms with Gasteiger partial charge in [-0.3, -0.25) is 4.79 Å². The molecule has 0 aliphatic heterocycles. The fraction of sp³-hybridized carbons (Fsp3) is 0.250. The highest BCUT2D eigenvalue weighted by Gasteiger charge is 2.28. The van der Waals surface area contributed by atoms with Gasteiger partial charge < -0.3 is 5.11 Å². The lowest BCUT2D eigenvalue weighted by Gasteiger charge is -2.21. The standard InChI is InChI=1S/C20H19BO2S/c21-17-9-10-18(24-11-19(22)23)20(17)16-8-7-13(12-5-6-12)14-3-1-2-4-15(14)16/h1-4,7-10,12,20H,5-6,11,21H2,(H,22,23). The van der Waals surface area contributed by atoms with Crippen molar-refractivity contribution in [3.8, 4) is 0 Å². The van der Waals surface area contributed by atoms with Gasteiger partial charge in [-0.15, -0.1) is 11.8 Å². The van der Waals surface area contributed by atoms with E-state index in [-0.39, 0.29) is 11.7 Å². The highest BCUT2D eigenvalue weighted by Crippen LogP contribution is 2.47. The summed E-state index contributed by atoms with van der Waals surface area (Å²) in [4.78, 5) is 12.1. The van der Waals surface area contributed by atoms with Crippen LogP contribution in [-0.2, 0) is 4.79 Å². The minimum absolute atomic E-state index is 0.113. The second-order valence-corrected chi connectivity index (χ2v) is 7.71. The molecular weight excluding hydrogens is 315 g/mol. The zero-order chi connectivity index (χ0) is 16.7. The molecule has 1 atom stereocenters. The predicted molar refractivity (Wildman–Crippen MR) is 103 cm³/mol. The highest BCUT2D eigenvalue weighted by atomic mass is 32.2. The van der Waals surface area contributed by atoms with Crippen molar-refractivity contribution in [2.75, 3.05) is 5.75 Å². The van der Waals surface area contributed by atoms with Crippen molar-refractivity contribution in [3.05, 3.63) is 70.1 Å². The number of benzene rings is 2. The summed E-state index contributed by atoms with van der Waals surface area (Å²) < 4.78 is 0. The van der Waals surface area contributed by atoms with Crippen molar-refractivity contribution in [1.82, 2.24) is 0 Å². The second kappa shape index (κ2) is 6.17. The lowest BCUT2D eigenvalue weighted by molar-refractivity contribution is -0.133. The van der Waals surface area contributed by atoms with Gasteiger partial charge in [-0.25, -0.2) is 0 Å². The second-order valence-electron chi connectivity index (χ2n) is 6.66. The molecule has 1 N–H and O–H groups in total.